The summed E-state index contributed by atoms with van der Waals surface area (Å²) < 4.78 is 0. The smallest absolute Gasteiger partial charge is 0.223 e. The van der Waals surface area contributed by atoms with Crippen LogP contribution < -0.4 is 10.3 Å². The molecule has 0 atom stereocenters. The molecule has 0 bridgehead atoms. The van der Waals surface area contributed by atoms with Crippen molar-refractivity contribution in [3.8, 4) is 0 Å². The number of pyridine rings is 1. The molecule has 1 aromatic rings. The summed E-state index contributed by atoms with van der Waals surface area (Å²) in [6, 6.07) is 3.68. The lowest BCUT2D eigenvalue weighted by atomic mass is 10.1. The molecule has 3 heterocycles. The van der Waals surface area contributed by atoms with Crippen LogP contribution >= 0.6 is 12.2 Å². The van der Waals surface area contributed by atoms with Crippen LogP contribution in [0.3, 0.4) is 0 Å². The fourth-order valence-electron chi connectivity index (χ4n) is 3.14. The number of nitrogens with zero attached hydrogens (tertiary/aromatic N) is 5. The van der Waals surface area contributed by atoms with Crippen LogP contribution in [0.4, 0.5) is 5.69 Å². The van der Waals surface area contributed by atoms with Gasteiger partial charge < -0.3 is 14.7 Å². The standard InChI is InChI=1S/C17H22N6O2S/c1-12(24)21-8-10-22(11-9-21)17(26)20-19-14-5-7-23(13(2)25)15-4-3-6-18-16(14)15/h3-4,6H,5,7-11H2,1-2H3,(H,20,26)/b19-14-. The van der Waals surface area contributed by atoms with Gasteiger partial charge in [-0.3, -0.25) is 20.0 Å². The van der Waals surface area contributed by atoms with Gasteiger partial charge in [-0.05, 0) is 24.4 Å². The number of rotatable bonds is 1. The lowest BCUT2D eigenvalue weighted by Gasteiger charge is -2.35. The summed E-state index contributed by atoms with van der Waals surface area (Å²) in [6.07, 6.45) is 2.30. The van der Waals surface area contributed by atoms with Gasteiger partial charge in [0.2, 0.25) is 11.8 Å². The SMILES string of the molecule is CC(=O)N1CCN(C(=S)N/N=C2/CCN(C(C)=O)c3cccnc32)CC1. The summed E-state index contributed by atoms with van der Waals surface area (Å²) >= 11 is 5.43. The molecule has 1 N–H and O–H groups in total. The van der Waals surface area contributed by atoms with Crippen molar-refractivity contribution in [3.05, 3.63) is 24.0 Å². The third-order valence-corrected chi connectivity index (χ3v) is 4.95. The third kappa shape index (κ3) is 3.82. The third-order valence-electron chi connectivity index (χ3n) is 4.60. The van der Waals surface area contributed by atoms with Crippen LogP contribution in [0.1, 0.15) is 26.0 Å². The average molecular weight is 374 g/mol. The van der Waals surface area contributed by atoms with Gasteiger partial charge in [0.25, 0.3) is 0 Å². The predicted molar refractivity (Wildman–Crippen MR) is 103 cm³/mol. The minimum atomic E-state index is -0.00915. The summed E-state index contributed by atoms with van der Waals surface area (Å²) in [4.78, 5) is 33.1. The second-order valence-corrected chi connectivity index (χ2v) is 6.65. The van der Waals surface area contributed by atoms with Gasteiger partial charge in [-0.1, -0.05) is 0 Å². The highest BCUT2D eigenvalue weighted by atomic mass is 32.1. The first kappa shape index (κ1) is 18.2. The molecule has 2 amide bonds. The number of nitrogens with one attached hydrogen (secondary N) is 1. The maximum Gasteiger partial charge on any atom is 0.223 e. The monoisotopic (exact) mass is 374 g/mol. The van der Waals surface area contributed by atoms with Crippen molar-refractivity contribution >= 4 is 40.5 Å². The molecule has 0 aromatic carbocycles. The number of aromatic nitrogens is 1. The van der Waals surface area contributed by atoms with E-state index in [2.05, 4.69) is 15.5 Å². The fraction of sp³-hybridized carbons (Fsp3) is 0.471. The van der Waals surface area contributed by atoms with E-state index < -0.39 is 0 Å². The van der Waals surface area contributed by atoms with E-state index in [9.17, 15) is 9.59 Å². The highest BCUT2D eigenvalue weighted by Gasteiger charge is 2.26. The van der Waals surface area contributed by atoms with Crippen molar-refractivity contribution in [2.24, 2.45) is 5.10 Å². The average Bonchev–Trinajstić information content (AvgIpc) is 2.65. The highest BCUT2D eigenvalue weighted by molar-refractivity contribution is 7.80. The molecule has 26 heavy (non-hydrogen) atoms. The molecule has 0 aliphatic carbocycles. The predicted octanol–water partition coefficient (Wildman–Crippen LogP) is 0.581. The molecule has 8 nitrogen and oxygen atoms in total. The number of anilines is 1. The molecule has 9 heteroatoms. The molecule has 3 rings (SSSR count). The lowest BCUT2D eigenvalue weighted by molar-refractivity contribution is -0.130. The highest BCUT2D eigenvalue weighted by Crippen LogP contribution is 2.25. The van der Waals surface area contributed by atoms with Gasteiger partial charge >= 0.3 is 0 Å². The second kappa shape index (κ2) is 7.77. The quantitative estimate of drug-likeness (QED) is 0.572. The maximum atomic E-state index is 11.8. The Morgan fingerprint density at radius 2 is 1.81 bits per heavy atom. The molecule has 1 fully saturated rings. The number of piperazine rings is 1. The van der Waals surface area contributed by atoms with E-state index in [0.29, 0.717) is 50.0 Å². The topological polar surface area (TPSA) is 81.1 Å². The van der Waals surface area contributed by atoms with Crippen LogP contribution in [0.25, 0.3) is 0 Å². The van der Waals surface area contributed by atoms with Crippen molar-refractivity contribution in [1.29, 1.82) is 0 Å². The van der Waals surface area contributed by atoms with Crippen LogP contribution in [0, 0.1) is 0 Å². The largest absolute Gasteiger partial charge is 0.344 e. The van der Waals surface area contributed by atoms with Crippen molar-refractivity contribution in [2.45, 2.75) is 20.3 Å². The molecule has 1 saturated heterocycles. The van der Waals surface area contributed by atoms with Crippen molar-refractivity contribution in [2.75, 3.05) is 37.6 Å². The molecule has 1 aromatic heterocycles. The van der Waals surface area contributed by atoms with Crippen LogP contribution in [0.5, 0.6) is 0 Å². The molecular formula is C17H22N6O2S. The van der Waals surface area contributed by atoms with E-state index in [1.54, 1.807) is 24.9 Å². The Bertz CT molecular complexity index is 757. The number of fused-ring (bicyclic) bond motifs is 1. The van der Waals surface area contributed by atoms with Crippen LogP contribution in [-0.4, -0.2) is 70.1 Å². The molecule has 0 unspecified atom stereocenters. The summed E-state index contributed by atoms with van der Waals surface area (Å²) in [6.45, 7) is 6.38. The zero-order chi connectivity index (χ0) is 18.7. The number of hydrazone groups is 1. The summed E-state index contributed by atoms with van der Waals surface area (Å²) in [5.41, 5.74) is 5.20. The van der Waals surface area contributed by atoms with Crippen molar-refractivity contribution < 1.29 is 9.59 Å². The molecule has 138 valence electrons. The van der Waals surface area contributed by atoms with E-state index in [1.165, 1.54) is 0 Å². The number of carbonyl (C=O) groups is 2. The summed E-state index contributed by atoms with van der Waals surface area (Å²) in [5, 5.41) is 4.98. The van der Waals surface area contributed by atoms with Gasteiger partial charge in [0.1, 0.15) is 5.69 Å². The minimum absolute atomic E-state index is 0.00915. The minimum Gasteiger partial charge on any atom is -0.344 e. The Balaban J connectivity index is 1.67. The fourth-order valence-corrected chi connectivity index (χ4v) is 3.37. The van der Waals surface area contributed by atoms with Gasteiger partial charge in [-0.2, -0.15) is 5.10 Å². The van der Waals surface area contributed by atoms with Crippen molar-refractivity contribution in [3.63, 3.8) is 0 Å². The normalized spacial score (nSPS) is 18.5. The molecule has 0 radical (unpaired) electrons. The van der Waals surface area contributed by atoms with E-state index in [1.807, 2.05) is 21.9 Å². The number of hydrogen-bond acceptors (Lipinski definition) is 5. The van der Waals surface area contributed by atoms with Crippen LogP contribution in [-0.2, 0) is 9.59 Å². The maximum absolute atomic E-state index is 11.8. The van der Waals surface area contributed by atoms with E-state index in [0.717, 1.165) is 11.4 Å². The van der Waals surface area contributed by atoms with Gasteiger partial charge in [0, 0.05) is 59.2 Å². The Hall–Kier alpha value is -2.55. The first-order valence-corrected chi connectivity index (χ1v) is 8.98. The Kier molecular flexibility index (Phi) is 5.46. The number of carbonyl (C=O) groups excluding carboxylic acids is 2. The molecular weight excluding hydrogens is 352 g/mol. The Labute approximate surface area is 157 Å². The first-order valence-electron chi connectivity index (χ1n) is 8.58. The molecule has 0 spiro atoms. The zero-order valence-corrected chi connectivity index (χ0v) is 15.8. The Morgan fingerprint density at radius 3 is 2.46 bits per heavy atom. The first-order chi connectivity index (χ1) is 12.5. The molecule has 2 aliphatic heterocycles. The molecule has 0 saturated carbocycles. The molecule has 2 aliphatic rings. The van der Waals surface area contributed by atoms with Gasteiger partial charge in [0.05, 0.1) is 11.4 Å². The van der Waals surface area contributed by atoms with Crippen LogP contribution in [0.15, 0.2) is 23.4 Å². The number of thiocarbonyl (C=S) groups is 1. The number of hydrogen-bond donors (Lipinski definition) is 1. The summed E-state index contributed by atoms with van der Waals surface area (Å²) in [7, 11) is 0. The number of amides is 2. The summed E-state index contributed by atoms with van der Waals surface area (Å²) in [5.74, 6) is 0.0776. The van der Waals surface area contributed by atoms with Gasteiger partial charge in [-0.15, -0.1) is 0 Å². The van der Waals surface area contributed by atoms with Gasteiger partial charge in [-0.25, -0.2) is 0 Å². The van der Waals surface area contributed by atoms with Gasteiger partial charge in [0.15, 0.2) is 5.11 Å². The second-order valence-electron chi connectivity index (χ2n) is 6.26. The van der Waals surface area contributed by atoms with Crippen LogP contribution in [0.2, 0.25) is 0 Å². The Morgan fingerprint density at radius 1 is 1.12 bits per heavy atom. The lowest BCUT2D eigenvalue weighted by Crippen LogP contribution is -2.52. The van der Waals surface area contributed by atoms with E-state index >= 15 is 0 Å². The van der Waals surface area contributed by atoms with E-state index in [4.69, 9.17) is 12.2 Å². The van der Waals surface area contributed by atoms with E-state index in [-0.39, 0.29) is 11.8 Å². The zero-order valence-electron chi connectivity index (χ0n) is 14.9. The van der Waals surface area contributed by atoms with Crippen molar-refractivity contribution in [1.82, 2.24) is 20.2 Å².